The fourth-order valence-electron chi connectivity index (χ4n) is 2.99. The summed E-state index contributed by atoms with van der Waals surface area (Å²) in [5.41, 5.74) is 1.64. The van der Waals surface area contributed by atoms with E-state index >= 15 is 0 Å². The number of carbonyl (C=O) groups is 1. The molecule has 0 bridgehead atoms. The van der Waals surface area contributed by atoms with Gasteiger partial charge in [-0.15, -0.1) is 0 Å². The number of nitrogens with zero attached hydrogens (tertiary/aromatic N) is 1. The molecule has 0 aliphatic heterocycles. The molecule has 6 nitrogen and oxygen atoms in total. The number of nitrogens with two attached hydrogens (primary N) is 1. The average molecular weight is 405 g/mol. The quantitative estimate of drug-likeness (QED) is 0.708. The number of amides is 1. The van der Waals surface area contributed by atoms with E-state index in [1.54, 1.807) is 12.1 Å². The Morgan fingerprint density at radius 3 is 2.21 bits per heavy atom. The lowest BCUT2D eigenvalue weighted by Gasteiger charge is -2.23. The Morgan fingerprint density at radius 2 is 1.64 bits per heavy atom. The van der Waals surface area contributed by atoms with Crippen LogP contribution in [0.1, 0.15) is 32.4 Å². The molecule has 2 aromatic carbocycles. The first-order valence-corrected chi connectivity index (χ1v) is 10.8. The van der Waals surface area contributed by atoms with E-state index in [-0.39, 0.29) is 22.9 Å². The molecule has 0 saturated heterocycles. The monoisotopic (exact) mass is 404 g/mol. The van der Waals surface area contributed by atoms with Gasteiger partial charge in [0.1, 0.15) is 6.04 Å². The van der Waals surface area contributed by atoms with Gasteiger partial charge in [-0.25, -0.2) is 12.7 Å². The summed E-state index contributed by atoms with van der Waals surface area (Å²) >= 11 is 0. The van der Waals surface area contributed by atoms with E-state index in [1.807, 2.05) is 25.1 Å². The van der Waals surface area contributed by atoms with Crippen LogP contribution in [-0.4, -0.2) is 38.8 Å². The third-order valence-electron chi connectivity index (χ3n) is 4.69. The maximum absolute atomic E-state index is 12.7. The van der Waals surface area contributed by atoms with Crippen molar-refractivity contribution in [3.63, 3.8) is 0 Å². The second-order valence-electron chi connectivity index (χ2n) is 7.47. The van der Waals surface area contributed by atoms with Gasteiger partial charge in [-0.3, -0.25) is 4.79 Å². The SMILES string of the molecule is CC(C)[C@H]([NH2+][C@@H](C)C(=O)Nc1cccc(S(=O)(=O)N(C)C)c1)c1ccccc1. The van der Waals surface area contributed by atoms with Crippen molar-refractivity contribution in [2.45, 2.75) is 37.8 Å². The number of benzene rings is 2. The van der Waals surface area contributed by atoms with Crippen molar-refractivity contribution >= 4 is 21.6 Å². The van der Waals surface area contributed by atoms with Crippen LogP contribution in [0.3, 0.4) is 0 Å². The molecule has 2 rings (SSSR count). The van der Waals surface area contributed by atoms with Crippen molar-refractivity contribution in [2.24, 2.45) is 5.92 Å². The molecule has 0 unspecified atom stereocenters. The lowest BCUT2D eigenvalue weighted by Crippen LogP contribution is -2.93. The topological polar surface area (TPSA) is 83.1 Å². The first-order chi connectivity index (χ1) is 13.1. The molecule has 7 heteroatoms. The van der Waals surface area contributed by atoms with Gasteiger partial charge < -0.3 is 10.6 Å². The number of anilines is 1. The Hall–Kier alpha value is -2.22. The van der Waals surface area contributed by atoms with Gasteiger partial charge in [-0.1, -0.05) is 50.2 Å². The molecule has 28 heavy (non-hydrogen) atoms. The molecule has 0 aromatic heterocycles. The lowest BCUT2D eigenvalue weighted by molar-refractivity contribution is -0.718. The zero-order valence-corrected chi connectivity index (χ0v) is 17.9. The lowest BCUT2D eigenvalue weighted by atomic mass is 9.95. The fourth-order valence-corrected chi connectivity index (χ4v) is 3.94. The van der Waals surface area contributed by atoms with E-state index in [0.29, 0.717) is 11.6 Å². The van der Waals surface area contributed by atoms with Crippen LogP contribution in [0.15, 0.2) is 59.5 Å². The summed E-state index contributed by atoms with van der Waals surface area (Å²) in [4.78, 5) is 12.8. The largest absolute Gasteiger partial charge is 0.330 e. The van der Waals surface area contributed by atoms with Crippen LogP contribution < -0.4 is 10.6 Å². The van der Waals surface area contributed by atoms with E-state index < -0.39 is 10.0 Å². The van der Waals surface area contributed by atoms with Crippen LogP contribution in [0.25, 0.3) is 0 Å². The van der Waals surface area contributed by atoms with Gasteiger partial charge in [-0.2, -0.15) is 0 Å². The molecule has 152 valence electrons. The van der Waals surface area contributed by atoms with E-state index in [4.69, 9.17) is 0 Å². The van der Waals surface area contributed by atoms with Crippen molar-refractivity contribution in [1.29, 1.82) is 0 Å². The number of carbonyl (C=O) groups excluding carboxylic acids is 1. The highest BCUT2D eigenvalue weighted by atomic mass is 32.2. The normalized spacial score (nSPS) is 14.1. The molecule has 3 N–H and O–H groups in total. The average Bonchev–Trinajstić information content (AvgIpc) is 2.66. The van der Waals surface area contributed by atoms with E-state index in [9.17, 15) is 13.2 Å². The standard InChI is InChI=1S/C21H29N3O3S/c1-15(2)20(17-10-7-6-8-11-17)22-16(3)21(25)23-18-12-9-13-19(14-18)28(26,27)24(4)5/h6-16,20,22H,1-5H3,(H,23,25)/p+1/t16-,20-/m0/s1. The van der Waals surface area contributed by atoms with Gasteiger partial charge in [0.2, 0.25) is 10.0 Å². The molecule has 2 aromatic rings. The van der Waals surface area contributed by atoms with Crippen molar-refractivity contribution in [3.05, 3.63) is 60.2 Å². The second-order valence-corrected chi connectivity index (χ2v) is 9.62. The number of rotatable bonds is 8. The summed E-state index contributed by atoms with van der Waals surface area (Å²) in [6.45, 7) is 6.12. The van der Waals surface area contributed by atoms with E-state index in [1.165, 1.54) is 31.8 Å². The zero-order valence-electron chi connectivity index (χ0n) is 17.1. The Kier molecular flexibility index (Phi) is 7.35. The van der Waals surface area contributed by atoms with E-state index in [0.717, 1.165) is 4.31 Å². The van der Waals surface area contributed by atoms with Crippen molar-refractivity contribution < 1.29 is 18.5 Å². The molecule has 0 heterocycles. The van der Waals surface area contributed by atoms with Gasteiger partial charge in [-0.05, 0) is 25.1 Å². The minimum absolute atomic E-state index is 0.149. The Balaban J connectivity index is 2.12. The molecule has 0 spiro atoms. The number of nitrogens with one attached hydrogen (secondary N) is 1. The van der Waals surface area contributed by atoms with Crippen molar-refractivity contribution in [1.82, 2.24) is 4.31 Å². The number of hydrogen-bond acceptors (Lipinski definition) is 3. The highest BCUT2D eigenvalue weighted by molar-refractivity contribution is 7.89. The predicted molar refractivity (Wildman–Crippen MR) is 111 cm³/mol. The molecule has 2 atom stereocenters. The number of sulfonamides is 1. The third kappa shape index (κ3) is 5.41. The van der Waals surface area contributed by atoms with Crippen LogP contribution in [-0.2, 0) is 14.8 Å². The first kappa shape index (κ1) is 22.1. The maximum atomic E-state index is 12.7. The van der Waals surface area contributed by atoms with Gasteiger partial charge in [0.05, 0.1) is 4.90 Å². The number of hydrogen-bond donors (Lipinski definition) is 2. The summed E-state index contributed by atoms with van der Waals surface area (Å²) in [6.07, 6.45) is 0. The molecule has 1 amide bonds. The van der Waals surface area contributed by atoms with Gasteiger partial charge >= 0.3 is 0 Å². The predicted octanol–water partition coefficient (Wildman–Crippen LogP) is 2.22. The molecule has 0 aliphatic carbocycles. The Bertz CT molecular complexity index is 896. The highest BCUT2D eigenvalue weighted by Crippen LogP contribution is 2.19. The zero-order chi connectivity index (χ0) is 20.9. The van der Waals surface area contributed by atoms with Crippen LogP contribution in [0.4, 0.5) is 5.69 Å². The summed E-state index contributed by atoms with van der Waals surface area (Å²) in [6, 6.07) is 16.3. The minimum atomic E-state index is -3.55. The first-order valence-electron chi connectivity index (χ1n) is 9.36. The van der Waals surface area contributed by atoms with Gasteiger partial charge in [0.15, 0.2) is 6.04 Å². The summed E-state index contributed by atoms with van der Waals surface area (Å²) in [7, 11) is -0.589. The molecule has 0 fully saturated rings. The van der Waals surface area contributed by atoms with E-state index in [2.05, 4.69) is 36.6 Å². The fraction of sp³-hybridized carbons (Fsp3) is 0.381. The molecule has 0 aliphatic rings. The van der Waals surface area contributed by atoms with Crippen LogP contribution in [0.5, 0.6) is 0 Å². The number of quaternary nitrogens is 1. The smallest absolute Gasteiger partial charge is 0.282 e. The minimum Gasteiger partial charge on any atom is -0.330 e. The summed E-state index contributed by atoms with van der Waals surface area (Å²) < 4.78 is 25.7. The summed E-state index contributed by atoms with van der Waals surface area (Å²) in [5, 5.41) is 4.89. The summed E-state index contributed by atoms with van der Waals surface area (Å²) in [5.74, 6) is 0.187. The Labute approximate surface area is 168 Å². The van der Waals surface area contributed by atoms with Crippen LogP contribution >= 0.6 is 0 Å². The molecule has 0 saturated carbocycles. The van der Waals surface area contributed by atoms with Crippen LogP contribution in [0.2, 0.25) is 0 Å². The Morgan fingerprint density at radius 1 is 1.00 bits per heavy atom. The molecular weight excluding hydrogens is 374 g/mol. The maximum Gasteiger partial charge on any atom is 0.282 e. The molecular formula is C21H30N3O3S+. The second kappa shape index (κ2) is 9.32. The molecule has 0 radical (unpaired) electrons. The third-order valence-corrected chi connectivity index (χ3v) is 6.50. The van der Waals surface area contributed by atoms with Gasteiger partial charge in [0, 0.05) is 31.3 Å². The van der Waals surface area contributed by atoms with Crippen molar-refractivity contribution in [3.8, 4) is 0 Å². The highest BCUT2D eigenvalue weighted by Gasteiger charge is 2.26. The van der Waals surface area contributed by atoms with Crippen molar-refractivity contribution in [2.75, 3.05) is 19.4 Å². The van der Waals surface area contributed by atoms with Crippen LogP contribution in [0, 0.1) is 5.92 Å². The van der Waals surface area contributed by atoms with Gasteiger partial charge in [0.25, 0.3) is 5.91 Å².